The zero-order valence-electron chi connectivity index (χ0n) is 13.8. The van der Waals surface area contributed by atoms with Gasteiger partial charge in [0.15, 0.2) is 17.3 Å². The number of fused-ring (bicyclic) bond motifs is 1. The Balaban J connectivity index is 1.38. The quantitative estimate of drug-likeness (QED) is 0.704. The van der Waals surface area contributed by atoms with E-state index in [-0.39, 0.29) is 12.6 Å². The van der Waals surface area contributed by atoms with Crippen molar-refractivity contribution in [2.75, 3.05) is 24.0 Å². The molecule has 132 valence electrons. The van der Waals surface area contributed by atoms with Crippen molar-refractivity contribution in [2.24, 2.45) is 0 Å². The maximum atomic E-state index is 13.6. The molecule has 0 spiro atoms. The van der Waals surface area contributed by atoms with Crippen LogP contribution in [0.2, 0.25) is 0 Å². The van der Waals surface area contributed by atoms with Gasteiger partial charge < -0.3 is 20.1 Å². The molecule has 1 aromatic heterocycles. The van der Waals surface area contributed by atoms with Crippen molar-refractivity contribution in [3.63, 3.8) is 0 Å². The van der Waals surface area contributed by atoms with Gasteiger partial charge in [0.2, 0.25) is 12.7 Å². The van der Waals surface area contributed by atoms with Gasteiger partial charge in [-0.15, -0.1) is 5.10 Å². The second kappa shape index (κ2) is 7.22. The zero-order valence-corrected chi connectivity index (χ0v) is 13.8. The molecular formula is C18H16FN5O2. The fourth-order valence-corrected chi connectivity index (χ4v) is 2.57. The summed E-state index contributed by atoms with van der Waals surface area (Å²) in [6.45, 7) is 0.722. The monoisotopic (exact) mass is 353 g/mol. The second-order valence-corrected chi connectivity index (χ2v) is 5.63. The van der Waals surface area contributed by atoms with E-state index < -0.39 is 0 Å². The summed E-state index contributed by atoms with van der Waals surface area (Å²) in [5.41, 5.74) is 1.44. The predicted molar refractivity (Wildman–Crippen MR) is 94.3 cm³/mol. The van der Waals surface area contributed by atoms with Crippen LogP contribution in [0.25, 0.3) is 0 Å². The van der Waals surface area contributed by atoms with Crippen LogP contribution in [0.15, 0.2) is 48.7 Å². The van der Waals surface area contributed by atoms with Crippen molar-refractivity contribution in [3.8, 4) is 11.5 Å². The van der Waals surface area contributed by atoms with Crippen molar-refractivity contribution < 1.29 is 13.9 Å². The summed E-state index contributed by atoms with van der Waals surface area (Å²) in [4.78, 5) is 4.35. The highest BCUT2D eigenvalue weighted by molar-refractivity contribution is 5.61. The van der Waals surface area contributed by atoms with Crippen LogP contribution in [0.3, 0.4) is 0 Å². The van der Waals surface area contributed by atoms with Crippen molar-refractivity contribution in [1.29, 1.82) is 0 Å². The molecule has 0 saturated heterocycles. The maximum absolute atomic E-state index is 13.6. The van der Waals surface area contributed by atoms with E-state index >= 15 is 0 Å². The number of nitrogens with zero attached hydrogens (tertiary/aromatic N) is 3. The third kappa shape index (κ3) is 3.64. The average molecular weight is 353 g/mol. The van der Waals surface area contributed by atoms with E-state index in [1.165, 1.54) is 12.3 Å². The fourth-order valence-electron chi connectivity index (χ4n) is 2.57. The molecule has 26 heavy (non-hydrogen) atoms. The summed E-state index contributed by atoms with van der Waals surface area (Å²) in [6, 6.07) is 12.2. The largest absolute Gasteiger partial charge is 0.454 e. The predicted octanol–water partition coefficient (Wildman–Crippen LogP) is 3.14. The van der Waals surface area contributed by atoms with Crippen LogP contribution in [-0.4, -0.2) is 28.5 Å². The molecule has 7 nitrogen and oxygen atoms in total. The Bertz CT molecular complexity index is 922. The minimum atomic E-state index is -0.216. The Labute approximate surface area is 149 Å². The number of halogens is 1. The van der Waals surface area contributed by atoms with Crippen LogP contribution in [0, 0.1) is 5.82 Å². The van der Waals surface area contributed by atoms with Gasteiger partial charge in [-0.1, -0.05) is 18.2 Å². The number of hydrogen-bond acceptors (Lipinski definition) is 7. The van der Waals surface area contributed by atoms with Gasteiger partial charge in [0.05, 0.1) is 6.20 Å². The Morgan fingerprint density at radius 2 is 1.96 bits per heavy atom. The van der Waals surface area contributed by atoms with Crippen molar-refractivity contribution in [2.45, 2.75) is 6.42 Å². The molecule has 1 aliphatic rings. The van der Waals surface area contributed by atoms with Crippen LogP contribution in [0.5, 0.6) is 11.5 Å². The number of hydrogen-bond donors (Lipinski definition) is 2. The van der Waals surface area contributed by atoms with E-state index in [0.29, 0.717) is 41.8 Å². The Morgan fingerprint density at radius 1 is 1.08 bits per heavy atom. The van der Waals surface area contributed by atoms with Crippen LogP contribution < -0.4 is 20.1 Å². The van der Waals surface area contributed by atoms with Gasteiger partial charge >= 0.3 is 0 Å². The molecule has 0 unspecified atom stereocenters. The highest BCUT2D eigenvalue weighted by atomic mass is 19.1. The molecule has 4 rings (SSSR count). The number of aromatic nitrogens is 3. The van der Waals surface area contributed by atoms with Gasteiger partial charge in [0.25, 0.3) is 0 Å². The molecule has 0 bridgehead atoms. The topological polar surface area (TPSA) is 81.2 Å². The third-order valence-corrected chi connectivity index (χ3v) is 3.84. The fraction of sp³-hybridized carbons (Fsp3) is 0.167. The number of rotatable bonds is 6. The highest BCUT2D eigenvalue weighted by Crippen LogP contribution is 2.34. The number of ether oxygens (including phenoxy) is 2. The zero-order chi connectivity index (χ0) is 17.8. The van der Waals surface area contributed by atoms with E-state index in [4.69, 9.17) is 9.47 Å². The van der Waals surface area contributed by atoms with Crippen LogP contribution in [0.1, 0.15) is 5.56 Å². The molecule has 3 aromatic rings. The summed E-state index contributed by atoms with van der Waals surface area (Å²) >= 11 is 0. The number of nitrogens with one attached hydrogen (secondary N) is 2. The van der Waals surface area contributed by atoms with Crippen molar-refractivity contribution >= 4 is 17.5 Å². The first kappa shape index (κ1) is 16.1. The number of benzene rings is 2. The molecule has 2 heterocycles. The molecule has 0 fully saturated rings. The smallest absolute Gasteiger partial charge is 0.244 e. The van der Waals surface area contributed by atoms with Crippen molar-refractivity contribution in [3.05, 3.63) is 60.0 Å². The van der Waals surface area contributed by atoms with E-state index in [2.05, 4.69) is 25.8 Å². The first-order valence-corrected chi connectivity index (χ1v) is 8.11. The molecule has 0 amide bonds. The average Bonchev–Trinajstić information content (AvgIpc) is 3.11. The van der Waals surface area contributed by atoms with Gasteiger partial charge in [-0.3, -0.25) is 0 Å². The summed E-state index contributed by atoms with van der Waals surface area (Å²) in [6.07, 6.45) is 2.04. The van der Waals surface area contributed by atoms with E-state index in [1.807, 2.05) is 24.3 Å². The lowest BCUT2D eigenvalue weighted by Crippen LogP contribution is -2.10. The molecule has 2 aromatic carbocycles. The molecular weight excluding hydrogens is 337 g/mol. The van der Waals surface area contributed by atoms with Gasteiger partial charge in [-0.05, 0) is 30.2 Å². The van der Waals surface area contributed by atoms with Crippen molar-refractivity contribution in [1.82, 2.24) is 15.2 Å². The van der Waals surface area contributed by atoms with Crippen LogP contribution in [-0.2, 0) is 6.42 Å². The summed E-state index contributed by atoms with van der Waals surface area (Å²) < 4.78 is 24.3. The van der Waals surface area contributed by atoms with E-state index in [0.717, 1.165) is 5.69 Å². The SMILES string of the molecule is Fc1ccccc1CCNc1nncc(Nc2ccc3c(c2)OCO3)n1. The second-order valence-electron chi connectivity index (χ2n) is 5.63. The van der Waals surface area contributed by atoms with Crippen LogP contribution in [0.4, 0.5) is 21.8 Å². The van der Waals surface area contributed by atoms with Gasteiger partial charge in [0.1, 0.15) is 5.82 Å². The summed E-state index contributed by atoms with van der Waals surface area (Å²) in [5.74, 6) is 2.08. The van der Waals surface area contributed by atoms with Gasteiger partial charge in [-0.2, -0.15) is 10.1 Å². The molecule has 0 saturated carbocycles. The first-order valence-electron chi connectivity index (χ1n) is 8.11. The molecule has 1 aliphatic heterocycles. The molecule has 8 heteroatoms. The normalized spacial score (nSPS) is 12.0. The van der Waals surface area contributed by atoms with E-state index in [1.54, 1.807) is 12.1 Å². The summed E-state index contributed by atoms with van der Waals surface area (Å²) in [7, 11) is 0. The minimum absolute atomic E-state index is 0.216. The minimum Gasteiger partial charge on any atom is -0.454 e. The molecule has 0 aliphatic carbocycles. The maximum Gasteiger partial charge on any atom is 0.244 e. The lowest BCUT2D eigenvalue weighted by atomic mass is 10.1. The van der Waals surface area contributed by atoms with Gasteiger partial charge in [-0.25, -0.2) is 4.39 Å². The molecule has 0 atom stereocenters. The first-order chi connectivity index (χ1) is 12.8. The summed E-state index contributed by atoms with van der Waals surface area (Å²) in [5, 5.41) is 14.1. The Kier molecular flexibility index (Phi) is 4.46. The molecule has 2 N–H and O–H groups in total. The highest BCUT2D eigenvalue weighted by Gasteiger charge is 2.13. The lowest BCUT2D eigenvalue weighted by Gasteiger charge is -2.08. The standard InChI is InChI=1S/C18H16FN5O2/c19-14-4-2-1-3-12(14)7-8-20-18-23-17(10-21-24-18)22-13-5-6-15-16(9-13)26-11-25-15/h1-6,9-10H,7-8,11H2,(H2,20,22,23,24). The Morgan fingerprint density at radius 3 is 2.88 bits per heavy atom. The molecule has 0 radical (unpaired) electrons. The van der Waals surface area contributed by atoms with E-state index in [9.17, 15) is 4.39 Å². The number of anilines is 3. The third-order valence-electron chi connectivity index (χ3n) is 3.84. The lowest BCUT2D eigenvalue weighted by molar-refractivity contribution is 0.174. The Hall–Kier alpha value is -3.42. The van der Waals surface area contributed by atoms with Crippen LogP contribution >= 0.6 is 0 Å². The van der Waals surface area contributed by atoms with Gasteiger partial charge in [0, 0.05) is 18.3 Å².